The normalized spacial score (nSPS) is 38.9. The van der Waals surface area contributed by atoms with Crippen molar-refractivity contribution in [2.75, 3.05) is 0 Å². The summed E-state index contributed by atoms with van der Waals surface area (Å²) in [6.07, 6.45) is 3.92. The lowest BCUT2D eigenvalue weighted by Gasteiger charge is -2.42. The topological polar surface area (TPSA) is 26.3 Å². The number of carbonyl (C=O) groups excluding carboxylic acids is 1. The zero-order valence-electron chi connectivity index (χ0n) is 10.2. The predicted octanol–water partition coefficient (Wildman–Crippen LogP) is 3.24. The molecule has 88 valence electrons. The number of hydrogen-bond acceptors (Lipinski definition) is 2. The Bertz CT molecular complexity index is 338. The summed E-state index contributed by atoms with van der Waals surface area (Å²) >= 11 is 0. The van der Waals surface area contributed by atoms with Gasteiger partial charge in [0.25, 0.3) is 0 Å². The van der Waals surface area contributed by atoms with Crippen molar-refractivity contribution in [3.05, 3.63) is 24.3 Å². The van der Waals surface area contributed by atoms with E-state index in [0.717, 1.165) is 18.4 Å². The van der Waals surface area contributed by atoms with Gasteiger partial charge in [-0.05, 0) is 32.1 Å². The van der Waals surface area contributed by atoms with Gasteiger partial charge >= 0.3 is 5.97 Å². The molecule has 0 bridgehead atoms. The molecule has 0 aromatic carbocycles. The molecule has 1 spiro atoms. The third-order valence-electron chi connectivity index (χ3n) is 3.97. The summed E-state index contributed by atoms with van der Waals surface area (Å²) in [5.74, 6) is 0.724. The number of ether oxygens (including phenoxy) is 1. The molecule has 1 saturated carbocycles. The quantitative estimate of drug-likeness (QED) is 0.385. The highest BCUT2D eigenvalue weighted by molar-refractivity contribution is 5.90. The summed E-state index contributed by atoms with van der Waals surface area (Å²) < 4.78 is 5.65. The molecule has 0 amide bonds. The summed E-state index contributed by atoms with van der Waals surface area (Å²) in [7, 11) is 0. The summed E-state index contributed by atoms with van der Waals surface area (Å²) in [6.45, 7) is 12.1. The molecule has 0 aromatic heterocycles. The molecule has 2 fully saturated rings. The molecule has 0 N–H and O–H groups in total. The molecule has 2 aliphatic rings. The van der Waals surface area contributed by atoms with Crippen LogP contribution in [0.2, 0.25) is 0 Å². The maximum Gasteiger partial charge on any atom is 0.334 e. The molecule has 16 heavy (non-hydrogen) atoms. The molecule has 1 saturated heterocycles. The highest BCUT2D eigenvalue weighted by Gasteiger charge is 2.51. The van der Waals surface area contributed by atoms with Crippen molar-refractivity contribution in [1.29, 1.82) is 0 Å². The van der Waals surface area contributed by atoms with E-state index < -0.39 is 0 Å². The van der Waals surface area contributed by atoms with Crippen LogP contribution in [-0.2, 0) is 9.53 Å². The smallest absolute Gasteiger partial charge is 0.334 e. The van der Waals surface area contributed by atoms with Gasteiger partial charge in [-0.25, -0.2) is 4.79 Å². The second-order valence-corrected chi connectivity index (χ2v) is 5.52. The SMILES string of the molecule is C=C1CC2(CC(C)CCC2C(=C)C)OC1=O. The molecule has 1 heterocycles. The van der Waals surface area contributed by atoms with E-state index in [-0.39, 0.29) is 11.6 Å². The van der Waals surface area contributed by atoms with Crippen LogP contribution in [0.1, 0.15) is 39.5 Å². The molecular formula is C14H20O2. The van der Waals surface area contributed by atoms with Crippen molar-refractivity contribution in [2.24, 2.45) is 11.8 Å². The standard InChI is InChI=1S/C14H20O2/c1-9(2)12-6-5-10(3)7-14(12)8-11(4)13(15)16-14/h10,12H,1,4-8H2,2-3H3. The predicted molar refractivity (Wildman–Crippen MR) is 63.9 cm³/mol. The first-order valence-corrected chi connectivity index (χ1v) is 6.01. The van der Waals surface area contributed by atoms with Gasteiger partial charge in [-0.2, -0.15) is 0 Å². The average Bonchev–Trinajstić information content (AvgIpc) is 2.41. The fourth-order valence-electron chi connectivity index (χ4n) is 3.28. The van der Waals surface area contributed by atoms with Crippen LogP contribution in [0.15, 0.2) is 24.3 Å². The molecule has 2 heteroatoms. The van der Waals surface area contributed by atoms with Crippen molar-refractivity contribution in [1.82, 2.24) is 0 Å². The van der Waals surface area contributed by atoms with Crippen LogP contribution >= 0.6 is 0 Å². The van der Waals surface area contributed by atoms with Gasteiger partial charge in [-0.1, -0.05) is 25.7 Å². The first kappa shape index (κ1) is 11.4. The van der Waals surface area contributed by atoms with Gasteiger partial charge in [-0.3, -0.25) is 0 Å². The fourth-order valence-corrected chi connectivity index (χ4v) is 3.28. The van der Waals surface area contributed by atoms with Crippen LogP contribution in [0.3, 0.4) is 0 Å². The Morgan fingerprint density at radius 3 is 2.69 bits per heavy atom. The van der Waals surface area contributed by atoms with Crippen molar-refractivity contribution in [3.63, 3.8) is 0 Å². The first-order chi connectivity index (χ1) is 7.44. The first-order valence-electron chi connectivity index (χ1n) is 6.01. The van der Waals surface area contributed by atoms with E-state index in [4.69, 9.17) is 4.74 Å². The van der Waals surface area contributed by atoms with Gasteiger partial charge in [-0.15, -0.1) is 0 Å². The average molecular weight is 220 g/mol. The minimum atomic E-state index is -0.322. The highest BCUT2D eigenvalue weighted by Crippen LogP contribution is 2.49. The van der Waals surface area contributed by atoms with Crippen LogP contribution in [0, 0.1) is 11.8 Å². The Morgan fingerprint density at radius 1 is 1.50 bits per heavy atom. The lowest BCUT2D eigenvalue weighted by atomic mass is 9.67. The molecule has 2 rings (SSSR count). The molecule has 0 aromatic rings. The Kier molecular flexibility index (Phi) is 2.69. The number of esters is 1. The maximum absolute atomic E-state index is 11.6. The lowest BCUT2D eigenvalue weighted by molar-refractivity contribution is -0.154. The van der Waals surface area contributed by atoms with Crippen molar-refractivity contribution >= 4 is 5.97 Å². The van der Waals surface area contributed by atoms with E-state index in [1.54, 1.807) is 0 Å². The van der Waals surface area contributed by atoms with Gasteiger partial charge in [0.05, 0.1) is 0 Å². The molecule has 2 nitrogen and oxygen atoms in total. The molecule has 0 radical (unpaired) electrons. The van der Waals surface area contributed by atoms with Gasteiger partial charge < -0.3 is 4.74 Å². The van der Waals surface area contributed by atoms with Gasteiger partial charge in [0.1, 0.15) is 5.60 Å². The summed E-state index contributed by atoms with van der Waals surface area (Å²) in [6, 6.07) is 0. The van der Waals surface area contributed by atoms with E-state index in [2.05, 4.69) is 20.1 Å². The Hall–Kier alpha value is -1.05. The Balaban J connectivity index is 2.30. The third-order valence-corrected chi connectivity index (χ3v) is 3.97. The molecular weight excluding hydrogens is 200 g/mol. The number of carbonyl (C=O) groups is 1. The molecule has 3 atom stereocenters. The van der Waals surface area contributed by atoms with Crippen molar-refractivity contribution < 1.29 is 9.53 Å². The zero-order chi connectivity index (χ0) is 11.9. The van der Waals surface area contributed by atoms with E-state index in [1.165, 1.54) is 6.42 Å². The molecule has 1 aliphatic carbocycles. The van der Waals surface area contributed by atoms with Crippen molar-refractivity contribution in [2.45, 2.75) is 45.1 Å². The minimum absolute atomic E-state index is 0.208. The second kappa shape index (κ2) is 3.76. The van der Waals surface area contributed by atoms with E-state index in [1.807, 2.05) is 6.92 Å². The van der Waals surface area contributed by atoms with Crippen LogP contribution in [0.4, 0.5) is 0 Å². The fraction of sp³-hybridized carbons (Fsp3) is 0.643. The van der Waals surface area contributed by atoms with Gasteiger partial charge in [0, 0.05) is 17.9 Å². The van der Waals surface area contributed by atoms with Crippen LogP contribution in [0.5, 0.6) is 0 Å². The molecule has 3 unspecified atom stereocenters. The summed E-state index contributed by atoms with van der Waals surface area (Å²) in [4.78, 5) is 11.6. The van der Waals surface area contributed by atoms with E-state index in [0.29, 0.717) is 23.8 Å². The number of rotatable bonds is 1. The van der Waals surface area contributed by atoms with Gasteiger partial charge in [0.15, 0.2) is 0 Å². The Labute approximate surface area is 97.4 Å². The monoisotopic (exact) mass is 220 g/mol. The van der Waals surface area contributed by atoms with E-state index >= 15 is 0 Å². The largest absolute Gasteiger partial charge is 0.455 e. The highest BCUT2D eigenvalue weighted by atomic mass is 16.6. The van der Waals surface area contributed by atoms with Crippen LogP contribution in [0.25, 0.3) is 0 Å². The number of hydrogen-bond donors (Lipinski definition) is 0. The molecule has 1 aliphatic heterocycles. The van der Waals surface area contributed by atoms with Crippen LogP contribution < -0.4 is 0 Å². The lowest BCUT2D eigenvalue weighted by Crippen LogP contribution is -2.43. The second-order valence-electron chi connectivity index (χ2n) is 5.52. The summed E-state index contributed by atoms with van der Waals surface area (Å²) in [5, 5.41) is 0. The third kappa shape index (κ3) is 1.70. The van der Waals surface area contributed by atoms with Gasteiger partial charge in [0.2, 0.25) is 0 Å². The zero-order valence-corrected chi connectivity index (χ0v) is 10.2. The maximum atomic E-state index is 11.6. The summed E-state index contributed by atoms with van der Waals surface area (Å²) in [5.41, 5.74) is 1.44. The minimum Gasteiger partial charge on any atom is -0.455 e. The Morgan fingerprint density at radius 2 is 2.19 bits per heavy atom. The van der Waals surface area contributed by atoms with Crippen molar-refractivity contribution in [3.8, 4) is 0 Å². The van der Waals surface area contributed by atoms with E-state index in [9.17, 15) is 4.79 Å². The van der Waals surface area contributed by atoms with Crippen LogP contribution in [-0.4, -0.2) is 11.6 Å².